The number of aromatic carboxylic acids is 1. The summed E-state index contributed by atoms with van der Waals surface area (Å²) in [6.45, 7) is 1.51. The van der Waals surface area contributed by atoms with Gasteiger partial charge in [-0.15, -0.1) is 0 Å². The third-order valence-corrected chi connectivity index (χ3v) is 2.58. The molecule has 0 fully saturated rings. The van der Waals surface area contributed by atoms with Crippen molar-refractivity contribution in [2.24, 2.45) is 0 Å². The number of pyridine rings is 1. The zero-order chi connectivity index (χ0) is 15.0. The van der Waals surface area contributed by atoms with Crippen LogP contribution in [0.25, 0.3) is 0 Å². The van der Waals surface area contributed by atoms with E-state index in [1.54, 1.807) is 6.07 Å². The van der Waals surface area contributed by atoms with Gasteiger partial charge >= 0.3 is 12.0 Å². The molecule has 0 aromatic carbocycles. The first-order valence-corrected chi connectivity index (χ1v) is 6.38. The molecule has 1 heterocycles. The molecule has 7 heteroatoms. The quantitative estimate of drug-likeness (QED) is 0.653. The predicted molar refractivity (Wildman–Crippen MR) is 76.0 cm³/mol. The molecule has 0 aliphatic carbocycles. The molecule has 1 aromatic rings. The summed E-state index contributed by atoms with van der Waals surface area (Å²) < 4.78 is 0. The number of urea groups is 1. The number of rotatable bonds is 7. The topological polar surface area (TPSA) is 94.6 Å². The monoisotopic (exact) mass is 280 g/mol. The standard InChI is InChI=1S/C13H20N4O3/c1-17(2)9-4-3-7-15-13(20)16-10-6-5-8-14-11(10)12(18)19/h5-6,8H,3-4,7,9H2,1-2H3,(H,18,19)(H2,15,16,20). The van der Waals surface area contributed by atoms with E-state index in [1.807, 2.05) is 14.1 Å². The van der Waals surface area contributed by atoms with Crippen LogP contribution in [0.1, 0.15) is 23.3 Å². The number of anilines is 1. The molecular formula is C13H20N4O3. The van der Waals surface area contributed by atoms with Crippen LogP contribution in [0, 0.1) is 0 Å². The molecule has 2 amide bonds. The highest BCUT2D eigenvalue weighted by molar-refractivity contribution is 5.98. The SMILES string of the molecule is CN(C)CCCCNC(=O)Nc1cccnc1C(=O)O. The Balaban J connectivity index is 2.37. The number of carbonyl (C=O) groups is 2. The van der Waals surface area contributed by atoms with Gasteiger partial charge in [0.2, 0.25) is 0 Å². The fourth-order valence-electron chi connectivity index (χ4n) is 1.60. The molecule has 0 unspecified atom stereocenters. The summed E-state index contributed by atoms with van der Waals surface area (Å²) >= 11 is 0. The molecule has 1 rings (SSSR count). The first-order valence-electron chi connectivity index (χ1n) is 6.38. The van der Waals surface area contributed by atoms with Gasteiger partial charge in [0, 0.05) is 12.7 Å². The summed E-state index contributed by atoms with van der Waals surface area (Å²) in [5.74, 6) is -1.17. The Morgan fingerprint density at radius 1 is 1.35 bits per heavy atom. The molecule has 0 aliphatic rings. The molecule has 1 aromatic heterocycles. The van der Waals surface area contributed by atoms with Crippen molar-refractivity contribution in [3.63, 3.8) is 0 Å². The summed E-state index contributed by atoms with van der Waals surface area (Å²) in [7, 11) is 3.99. The largest absolute Gasteiger partial charge is 0.476 e. The van der Waals surface area contributed by atoms with E-state index in [1.165, 1.54) is 12.3 Å². The maximum atomic E-state index is 11.6. The molecule has 20 heavy (non-hydrogen) atoms. The van der Waals surface area contributed by atoms with E-state index in [2.05, 4.69) is 20.5 Å². The number of unbranched alkanes of at least 4 members (excludes halogenated alkanes) is 1. The summed E-state index contributed by atoms with van der Waals surface area (Å²) in [5.41, 5.74) is 0.0149. The molecule has 0 saturated carbocycles. The molecule has 0 bridgehead atoms. The van der Waals surface area contributed by atoms with Gasteiger partial charge in [0.1, 0.15) is 0 Å². The van der Waals surface area contributed by atoms with E-state index in [0.717, 1.165) is 19.4 Å². The lowest BCUT2D eigenvalue weighted by Crippen LogP contribution is -2.30. The highest BCUT2D eigenvalue weighted by Gasteiger charge is 2.12. The van der Waals surface area contributed by atoms with Crippen molar-refractivity contribution in [2.45, 2.75) is 12.8 Å². The van der Waals surface area contributed by atoms with Crippen LogP contribution in [0.15, 0.2) is 18.3 Å². The Morgan fingerprint density at radius 3 is 2.75 bits per heavy atom. The Hall–Kier alpha value is -2.15. The minimum atomic E-state index is -1.17. The second kappa shape index (κ2) is 8.11. The summed E-state index contributed by atoms with van der Waals surface area (Å²) in [5, 5.41) is 14.1. The lowest BCUT2D eigenvalue weighted by molar-refractivity contribution is 0.0692. The van der Waals surface area contributed by atoms with Crippen molar-refractivity contribution in [2.75, 3.05) is 32.5 Å². The maximum Gasteiger partial charge on any atom is 0.356 e. The fourth-order valence-corrected chi connectivity index (χ4v) is 1.60. The molecule has 0 spiro atoms. The van der Waals surface area contributed by atoms with Crippen LogP contribution >= 0.6 is 0 Å². The number of nitrogens with one attached hydrogen (secondary N) is 2. The van der Waals surface area contributed by atoms with E-state index < -0.39 is 12.0 Å². The average Bonchev–Trinajstić information content (AvgIpc) is 2.38. The van der Waals surface area contributed by atoms with Crippen molar-refractivity contribution >= 4 is 17.7 Å². The van der Waals surface area contributed by atoms with Crippen LogP contribution in [-0.4, -0.2) is 54.2 Å². The Labute approximate surface area is 118 Å². The molecule has 0 aliphatic heterocycles. The first kappa shape index (κ1) is 15.9. The Morgan fingerprint density at radius 2 is 2.10 bits per heavy atom. The van der Waals surface area contributed by atoms with E-state index in [-0.39, 0.29) is 11.4 Å². The summed E-state index contributed by atoms with van der Waals surface area (Å²) in [6, 6.07) is 2.65. The molecule has 3 N–H and O–H groups in total. The molecule has 0 saturated heterocycles. The van der Waals surface area contributed by atoms with E-state index in [4.69, 9.17) is 5.11 Å². The number of amides is 2. The van der Waals surface area contributed by atoms with Crippen LogP contribution in [-0.2, 0) is 0 Å². The average molecular weight is 280 g/mol. The Bertz CT molecular complexity index is 463. The summed E-state index contributed by atoms with van der Waals surface area (Å²) in [6.07, 6.45) is 3.22. The first-order chi connectivity index (χ1) is 9.50. The third-order valence-electron chi connectivity index (χ3n) is 2.58. The normalized spacial score (nSPS) is 10.3. The molecule has 0 radical (unpaired) electrons. The van der Waals surface area contributed by atoms with E-state index in [0.29, 0.717) is 6.54 Å². The number of carbonyl (C=O) groups excluding carboxylic acids is 1. The minimum absolute atomic E-state index is 0.171. The van der Waals surface area contributed by atoms with Gasteiger partial charge in [-0.1, -0.05) is 0 Å². The minimum Gasteiger partial charge on any atom is -0.476 e. The lowest BCUT2D eigenvalue weighted by atomic mass is 10.3. The van der Waals surface area contributed by atoms with Gasteiger partial charge in [-0.3, -0.25) is 0 Å². The van der Waals surface area contributed by atoms with Gasteiger partial charge < -0.3 is 20.6 Å². The number of carboxylic acids is 1. The van der Waals surface area contributed by atoms with Crippen molar-refractivity contribution in [3.05, 3.63) is 24.0 Å². The van der Waals surface area contributed by atoms with Gasteiger partial charge in [-0.25, -0.2) is 14.6 Å². The van der Waals surface area contributed by atoms with Gasteiger partial charge in [-0.2, -0.15) is 0 Å². The summed E-state index contributed by atoms with van der Waals surface area (Å²) in [4.78, 5) is 28.3. The number of hydrogen-bond acceptors (Lipinski definition) is 4. The van der Waals surface area contributed by atoms with Crippen molar-refractivity contribution in [1.82, 2.24) is 15.2 Å². The molecule has 0 atom stereocenters. The van der Waals surface area contributed by atoms with E-state index in [9.17, 15) is 9.59 Å². The fraction of sp³-hybridized carbons (Fsp3) is 0.462. The van der Waals surface area contributed by atoms with Crippen LogP contribution in [0.5, 0.6) is 0 Å². The number of nitrogens with zero attached hydrogens (tertiary/aromatic N) is 2. The van der Waals surface area contributed by atoms with Crippen LogP contribution in [0.4, 0.5) is 10.5 Å². The van der Waals surface area contributed by atoms with Crippen LogP contribution in [0.2, 0.25) is 0 Å². The maximum absolute atomic E-state index is 11.6. The van der Waals surface area contributed by atoms with Gasteiger partial charge in [-0.05, 0) is 45.6 Å². The van der Waals surface area contributed by atoms with Crippen LogP contribution < -0.4 is 10.6 Å². The predicted octanol–water partition coefficient (Wildman–Crippen LogP) is 1.24. The second-order valence-corrected chi connectivity index (χ2v) is 4.60. The zero-order valence-electron chi connectivity index (χ0n) is 11.7. The highest BCUT2D eigenvalue weighted by atomic mass is 16.4. The number of aromatic nitrogens is 1. The second-order valence-electron chi connectivity index (χ2n) is 4.60. The van der Waals surface area contributed by atoms with E-state index >= 15 is 0 Å². The van der Waals surface area contributed by atoms with Gasteiger partial charge in [0.15, 0.2) is 5.69 Å². The number of hydrogen-bond donors (Lipinski definition) is 3. The highest BCUT2D eigenvalue weighted by Crippen LogP contribution is 2.11. The third kappa shape index (κ3) is 5.66. The number of carboxylic acid groups (broad SMARTS) is 1. The zero-order valence-corrected chi connectivity index (χ0v) is 11.7. The van der Waals surface area contributed by atoms with Crippen molar-refractivity contribution < 1.29 is 14.7 Å². The van der Waals surface area contributed by atoms with Crippen LogP contribution in [0.3, 0.4) is 0 Å². The van der Waals surface area contributed by atoms with Gasteiger partial charge in [0.25, 0.3) is 0 Å². The smallest absolute Gasteiger partial charge is 0.356 e. The Kier molecular flexibility index (Phi) is 6.45. The van der Waals surface area contributed by atoms with Gasteiger partial charge in [0.05, 0.1) is 5.69 Å². The van der Waals surface area contributed by atoms with Crippen molar-refractivity contribution in [3.8, 4) is 0 Å². The molecule has 110 valence electrons. The lowest BCUT2D eigenvalue weighted by Gasteiger charge is -2.10. The van der Waals surface area contributed by atoms with Crippen molar-refractivity contribution in [1.29, 1.82) is 0 Å². The molecular weight excluding hydrogens is 260 g/mol. The molecule has 7 nitrogen and oxygen atoms in total.